The fourth-order valence-electron chi connectivity index (χ4n) is 3.87. The van der Waals surface area contributed by atoms with E-state index in [-0.39, 0.29) is 30.2 Å². The molecule has 4 heteroatoms. The Morgan fingerprint density at radius 3 is 1.90 bits per heavy atom. The zero-order valence-corrected chi connectivity index (χ0v) is 17.2. The summed E-state index contributed by atoms with van der Waals surface area (Å²) in [5.41, 5.74) is 2.99. The van der Waals surface area contributed by atoms with Gasteiger partial charge in [-0.15, -0.1) is 0 Å². The van der Waals surface area contributed by atoms with Gasteiger partial charge in [0.2, 0.25) is 0 Å². The van der Waals surface area contributed by atoms with Gasteiger partial charge in [-0.25, -0.2) is 0 Å². The maximum Gasteiger partial charge on any atom is 0.121 e. The van der Waals surface area contributed by atoms with E-state index in [1.807, 2.05) is 73.7 Å². The minimum Gasteiger partial charge on any atom is -0.508 e. The minimum atomic E-state index is -0.346. The van der Waals surface area contributed by atoms with Crippen LogP contribution < -0.4 is 0 Å². The number of hydrogen-bond acceptors (Lipinski definition) is 4. The van der Waals surface area contributed by atoms with Gasteiger partial charge in [-0.05, 0) is 24.1 Å². The van der Waals surface area contributed by atoms with E-state index in [4.69, 9.17) is 14.2 Å². The molecule has 0 bridgehead atoms. The number of phenols is 1. The minimum absolute atomic E-state index is 0.0897. The zero-order valence-electron chi connectivity index (χ0n) is 17.2. The predicted molar refractivity (Wildman–Crippen MR) is 116 cm³/mol. The van der Waals surface area contributed by atoms with E-state index >= 15 is 0 Å². The molecule has 3 aromatic carbocycles. The third-order valence-corrected chi connectivity index (χ3v) is 5.54. The van der Waals surface area contributed by atoms with Crippen molar-refractivity contribution in [3.05, 3.63) is 102 Å². The Morgan fingerprint density at radius 1 is 0.767 bits per heavy atom. The van der Waals surface area contributed by atoms with Crippen molar-refractivity contribution in [3.63, 3.8) is 0 Å². The molecular formula is C26H28O4. The number of aromatic hydroxyl groups is 1. The van der Waals surface area contributed by atoms with Crippen LogP contribution in [0.2, 0.25) is 0 Å². The number of hydrogen-bond donors (Lipinski definition) is 1. The van der Waals surface area contributed by atoms with Crippen molar-refractivity contribution in [3.8, 4) is 5.75 Å². The fourth-order valence-corrected chi connectivity index (χ4v) is 3.87. The van der Waals surface area contributed by atoms with Crippen LogP contribution >= 0.6 is 0 Å². The monoisotopic (exact) mass is 404 g/mol. The van der Waals surface area contributed by atoms with Gasteiger partial charge >= 0.3 is 0 Å². The van der Waals surface area contributed by atoms with Crippen LogP contribution in [0.3, 0.4) is 0 Å². The SMILES string of the molecule is C[C@@H]1O[C@H](c2ccccc2O)C(OCc2ccccc2)C[C@@H]1OCc1ccccc1. The highest BCUT2D eigenvalue weighted by atomic mass is 16.6. The summed E-state index contributed by atoms with van der Waals surface area (Å²) in [6.07, 6.45) is -0.0835. The Bertz CT molecular complexity index is 913. The lowest BCUT2D eigenvalue weighted by atomic mass is 9.93. The molecule has 0 radical (unpaired) electrons. The standard InChI is InChI=1S/C26H28O4/c1-19-24(28-17-20-10-4-2-5-11-20)16-25(29-18-21-12-6-3-7-13-21)26(30-19)22-14-8-9-15-23(22)27/h2-15,19,24-27H,16-18H2,1H3/t19-,24-,25?,26+/m0/s1. The molecule has 156 valence electrons. The number of rotatable bonds is 7. The fraction of sp³-hybridized carbons (Fsp3) is 0.308. The quantitative estimate of drug-likeness (QED) is 0.572. The van der Waals surface area contributed by atoms with Crippen LogP contribution in [-0.2, 0) is 27.4 Å². The Morgan fingerprint density at radius 2 is 1.30 bits per heavy atom. The molecule has 0 spiro atoms. The molecule has 1 aliphatic rings. The second-order valence-corrected chi connectivity index (χ2v) is 7.73. The van der Waals surface area contributed by atoms with Crippen LogP contribution in [-0.4, -0.2) is 23.4 Å². The summed E-state index contributed by atoms with van der Waals surface area (Å²) in [6.45, 7) is 3.04. The lowest BCUT2D eigenvalue weighted by molar-refractivity contribution is -0.200. The van der Waals surface area contributed by atoms with Crippen molar-refractivity contribution >= 4 is 0 Å². The van der Waals surface area contributed by atoms with Crippen LogP contribution in [0.1, 0.15) is 36.1 Å². The molecule has 1 unspecified atom stereocenters. The first-order chi connectivity index (χ1) is 14.7. The lowest BCUT2D eigenvalue weighted by Gasteiger charge is -2.40. The van der Waals surface area contributed by atoms with Crippen LogP contribution in [0.25, 0.3) is 0 Å². The zero-order chi connectivity index (χ0) is 20.8. The summed E-state index contributed by atoms with van der Waals surface area (Å²) in [7, 11) is 0. The first-order valence-electron chi connectivity index (χ1n) is 10.4. The maximum absolute atomic E-state index is 10.4. The van der Waals surface area contributed by atoms with E-state index in [2.05, 4.69) is 12.1 Å². The van der Waals surface area contributed by atoms with Crippen molar-refractivity contribution in [2.45, 2.75) is 51.0 Å². The van der Waals surface area contributed by atoms with Crippen molar-refractivity contribution < 1.29 is 19.3 Å². The summed E-state index contributed by atoms with van der Waals surface area (Å²) in [5, 5.41) is 10.4. The molecule has 1 aliphatic heterocycles. The Balaban J connectivity index is 1.49. The summed E-state index contributed by atoms with van der Waals surface area (Å²) in [4.78, 5) is 0. The highest BCUT2D eigenvalue weighted by Crippen LogP contribution is 2.39. The van der Waals surface area contributed by atoms with Gasteiger partial charge < -0.3 is 19.3 Å². The van der Waals surface area contributed by atoms with Crippen LogP contribution in [0, 0.1) is 0 Å². The van der Waals surface area contributed by atoms with Crippen molar-refractivity contribution in [1.29, 1.82) is 0 Å². The van der Waals surface area contributed by atoms with Gasteiger partial charge in [-0.1, -0.05) is 78.9 Å². The molecule has 3 aromatic rings. The second-order valence-electron chi connectivity index (χ2n) is 7.73. The molecule has 1 saturated heterocycles. The molecule has 0 amide bonds. The first kappa shape index (κ1) is 20.6. The van der Waals surface area contributed by atoms with Gasteiger partial charge in [0.15, 0.2) is 0 Å². The highest BCUT2D eigenvalue weighted by Gasteiger charge is 2.39. The van der Waals surface area contributed by atoms with Crippen LogP contribution in [0.15, 0.2) is 84.9 Å². The third kappa shape index (κ3) is 5.08. The highest BCUT2D eigenvalue weighted by molar-refractivity contribution is 5.35. The Kier molecular flexibility index (Phi) is 6.80. The van der Waals surface area contributed by atoms with Crippen LogP contribution in [0.4, 0.5) is 0 Å². The molecule has 1 N–H and O–H groups in total. The van der Waals surface area contributed by atoms with Gasteiger partial charge in [0, 0.05) is 12.0 Å². The second kappa shape index (κ2) is 9.90. The Hall–Kier alpha value is -2.66. The van der Waals surface area contributed by atoms with Gasteiger partial charge in [0.25, 0.3) is 0 Å². The molecule has 30 heavy (non-hydrogen) atoms. The van der Waals surface area contributed by atoms with E-state index < -0.39 is 0 Å². The van der Waals surface area contributed by atoms with Gasteiger partial charge in [-0.2, -0.15) is 0 Å². The molecule has 4 atom stereocenters. The van der Waals surface area contributed by atoms with E-state index in [1.54, 1.807) is 6.07 Å². The Labute approximate surface area is 178 Å². The summed E-state index contributed by atoms with van der Waals surface area (Å²) >= 11 is 0. The first-order valence-corrected chi connectivity index (χ1v) is 10.4. The largest absolute Gasteiger partial charge is 0.508 e. The molecule has 0 aliphatic carbocycles. The average Bonchev–Trinajstić information content (AvgIpc) is 2.79. The number of ether oxygens (including phenoxy) is 3. The summed E-state index contributed by atoms with van der Waals surface area (Å²) in [6, 6.07) is 27.6. The molecule has 4 rings (SSSR count). The smallest absolute Gasteiger partial charge is 0.121 e. The van der Waals surface area contributed by atoms with Crippen molar-refractivity contribution in [2.24, 2.45) is 0 Å². The summed E-state index contributed by atoms with van der Waals surface area (Å²) in [5.74, 6) is 0.228. The topological polar surface area (TPSA) is 47.9 Å². The molecule has 0 aromatic heterocycles. The van der Waals surface area contributed by atoms with Crippen LogP contribution in [0.5, 0.6) is 5.75 Å². The number of para-hydroxylation sites is 1. The van der Waals surface area contributed by atoms with Gasteiger partial charge in [-0.3, -0.25) is 0 Å². The predicted octanol–water partition coefficient (Wildman–Crippen LogP) is 5.41. The third-order valence-electron chi connectivity index (χ3n) is 5.54. The van der Waals surface area contributed by atoms with Gasteiger partial charge in [0.1, 0.15) is 11.9 Å². The van der Waals surface area contributed by atoms with E-state index in [0.717, 1.165) is 16.7 Å². The van der Waals surface area contributed by atoms with Gasteiger partial charge in [0.05, 0.1) is 31.5 Å². The van der Waals surface area contributed by atoms with E-state index in [0.29, 0.717) is 19.6 Å². The molecule has 1 fully saturated rings. The number of benzene rings is 3. The van der Waals surface area contributed by atoms with Crippen molar-refractivity contribution in [2.75, 3.05) is 0 Å². The normalized spacial score (nSPS) is 23.9. The van der Waals surface area contributed by atoms with E-state index in [9.17, 15) is 5.11 Å². The number of phenolic OH excluding ortho intramolecular Hbond substituents is 1. The average molecular weight is 405 g/mol. The van der Waals surface area contributed by atoms with Crippen molar-refractivity contribution in [1.82, 2.24) is 0 Å². The maximum atomic E-state index is 10.4. The molecule has 0 saturated carbocycles. The van der Waals surface area contributed by atoms with E-state index in [1.165, 1.54) is 0 Å². The molecule has 4 nitrogen and oxygen atoms in total. The lowest BCUT2D eigenvalue weighted by Crippen LogP contribution is -2.44. The summed E-state index contributed by atoms with van der Waals surface area (Å²) < 4.78 is 18.9. The molecule has 1 heterocycles. The molecular weight excluding hydrogens is 376 g/mol.